The van der Waals surface area contributed by atoms with Gasteiger partial charge in [0.05, 0.1) is 18.7 Å². The van der Waals surface area contributed by atoms with Crippen LogP contribution in [-0.4, -0.2) is 10.9 Å². The van der Waals surface area contributed by atoms with Crippen LogP contribution in [0.2, 0.25) is 0 Å². The molecular weight excluding hydrogens is 331 g/mol. The van der Waals surface area contributed by atoms with E-state index in [4.69, 9.17) is 10.2 Å². The molecule has 0 saturated carbocycles. The van der Waals surface area contributed by atoms with E-state index in [1.54, 1.807) is 0 Å². The van der Waals surface area contributed by atoms with Gasteiger partial charge in [-0.3, -0.25) is 4.79 Å². The molecule has 0 aliphatic rings. The fourth-order valence-corrected chi connectivity index (χ4v) is 2.13. The van der Waals surface area contributed by atoms with Crippen LogP contribution >= 0.6 is 23.7 Å². The molecule has 0 atom stereocenters. The number of aromatic nitrogens is 1. The molecular formula is C11H11ClF3N3O2S. The van der Waals surface area contributed by atoms with Gasteiger partial charge < -0.3 is 15.5 Å². The number of nitrogens with two attached hydrogens (primary N) is 1. The Kier molecular flexibility index (Phi) is 5.76. The highest BCUT2D eigenvalue weighted by molar-refractivity contribution is 7.09. The van der Waals surface area contributed by atoms with Crippen LogP contribution in [0.25, 0.3) is 0 Å². The second-order valence-electron chi connectivity index (χ2n) is 3.81. The van der Waals surface area contributed by atoms with Gasteiger partial charge in [-0.25, -0.2) is 4.98 Å². The Morgan fingerprint density at radius 3 is 2.71 bits per heavy atom. The molecule has 1 amide bonds. The van der Waals surface area contributed by atoms with Gasteiger partial charge in [-0.05, 0) is 6.07 Å². The maximum absolute atomic E-state index is 12.3. The van der Waals surface area contributed by atoms with Crippen LogP contribution in [0.4, 0.5) is 13.2 Å². The average molecular weight is 342 g/mol. The van der Waals surface area contributed by atoms with E-state index >= 15 is 0 Å². The normalized spacial score (nSPS) is 11.0. The first-order valence-corrected chi connectivity index (χ1v) is 6.35. The van der Waals surface area contributed by atoms with Gasteiger partial charge in [-0.2, -0.15) is 13.2 Å². The molecule has 5 nitrogen and oxygen atoms in total. The Bertz CT molecular complexity index is 612. The van der Waals surface area contributed by atoms with Crippen molar-refractivity contribution < 1.29 is 22.4 Å². The molecule has 116 valence electrons. The van der Waals surface area contributed by atoms with Crippen LogP contribution in [0.5, 0.6) is 0 Å². The average Bonchev–Trinajstić information content (AvgIpc) is 3.04. The van der Waals surface area contributed by atoms with Crippen molar-refractivity contribution in [1.82, 2.24) is 10.3 Å². The largest absolute Gasteiger partial charge is 0.467 e. The van der Waals surface area contributed by atoms with Crippen molar-refractivity contribution in [2.75, 3.05) is 0 Å². The molecule has 21 heavy (non-hydrogen) atoms. The number of nitrogens with one attached hydrogen (secondary N) is 1. The molecule has 3 N–H and O–H groups in total. The van der Waals surface area contributed by atoms with Crippen molar-refractivity contribution in [3.05, 3.63) is 39.7 Å². The minimum atomic E-state index is -4.47. The zero-order chi connectivity index (χ0) is 14.8. The van der Waals surface area contributed by atoms with E-state index in [1.165, 1.54) is 12.3 Å². The number of amides is 1. The van der Waals surface area contributed by atoms with E-state index in [1.807, 2.05) is 0 Å². The van der Waals surface area contributed by atoms with Gasteiger partial charge in [-0.15, -0.1) is 23.7 Å². The highest BCUT2D eigenvalue weighted by Gasteiger charge is 2.33. The quantitative estimate of drug-likeness (QED) is 0.895. The predicted octanol–water partition coefficient (Wildman–Crippen LogP) is 2.57. The Morgan fingerprint density at radius 2 is 2.19 bits per heavy atom. The van der Waals surface area contributed by atoms with Gasteiger partial charge in [0.15, 0.2) is 5.69 Å². The van der Waals surface area contributed by atoms with E-state index in [0.29, 0.717) is 5.76 Å². The van der Waals surface area contributed by atoms with Crippen LogP contribution in [0.1, 0.15) is 26.8 Å². The van der Waals surface area contributed by atoms with Crippen LogP contribution in [-0.2, 0) is 19.3 Å². The number of rotatable bonds is 4. The summed E-state index contributed by atoms with van der Waals surface area (Å²) in [5, 5.41) is 3.54. The molecule has 0 fully saturated rings. The van der Waals surface area contributed by atoms with E-state index in [2.05, 4.69) is 10.3 Å². The van der Waals surface area contributed by atoms with Crippen molar-refractivity contribution in [3.8, 4) is 0 Å². The van der Waals surface area contributed by atoms with E-state index in [9.17, 15) is 18.0 Å². The topological polar surface area (TPSA) is 81.2 Å². The smallest absolute Gasteiger partial charge is 0.434 e. The number of hydrogen-bond donors (Lipinski definition) is 2. The first-order valence-electron chi connectivity index (χ1n) is 5.47. The maximum atomic E-state index is 12.3. The Labute approximate surface area is 127 Å². The Morgan fingerprint density at radius 1 is 1.48 bits per heavy atom. The minimum Gasteiger partial charge on any atom is -0.467 e. The van der Waals surface area contributed by atoms with E-state index in [-0.39, 0.29) is 36.1 Å². The molecule has 0 aliphatic carbocycles. The third-order valence-electron chi connectivity index (χ3n) is 2.36. The van der Waals surface area contributed by atoms with E-state index < -0.39 is 17.8 Å². The summed E-state index contributed by atoms with van der Waals surface area (Å²) in [5.74, 6) is -0.0130. The predicted molar refractivity (Wildman–Crippen MR) is 72.1 cm³/mol. The third-order valence-corrected chi connectivity index (χ3v) is 3.21. The van der Waals surface area contributed by atoms with Crippen molar-refractivity contribution in [2.24, 2.45) is 5.73 Å². The van der Waals surface area contributed by atoms with Crippen molar-refractivity contribution in [1.29, 1.82) is 0 Å². The van der Waals surface area contributed by atoms with Crippen LogP contribution < -0.4 is 11.1 Å². The number of furan rings is 1. The molecule has 0 unspecified atom stereocenters. The summed E-state index contributed by atoms with van der Waals surface area (Å²) >= 11 is 0.834. The molecule has 0 aromatic carbocycles. The molecule has 0 spiro atoms. The zero-order valence-electron chi connectivity index (χ0n) is 10.4. The monoisotopic (exact) mass is 341 g/mol. The van der Waals surface area contributed by atoms with Crippen molar-refractivity contribution in [2.45, 2.75) is 19.3 Å². The summed E-state index contributed by atoms with van der Waals surface area (Å²) in [4.78, 5) is 15.1. The number of nitrogens with zero attached hydrogens (tertiary/aromatic N) is 1. The fourth-order valence-electron chi connectivity index (χ4n) is 1.39. The second-order valence-corrected chi connectivity index (χ2v) is 4.76. The molecule has 2 rings (SSSR count). The Balaban J connectivity index is 0.00000220. The zero-order valence-corrected chi connectivity index (χ0v) is 12.1. The lowest BCUT2D eigenvalue weighted by molar-refractivity contribution is -0.140. The number of halogens is 4. The molecule has 10 heteroatoms. The van der Waals surface area contributed by atoms with Gasteiger partial charge in [0.25, 0.3) is 5.91 Å². The highest BCUT2D eigenvalue weighted by Crippen LogP contribution is 2.29. The van der Waals surface area contributed by atoms with Crippen LogP contribution in [0, 0.1) is 0 Å². The highest BCUT2D eigenvalue weighted by atomic mass is 35.5. The van der Waals surface area contributed by atoms with Crippen molar-refractivity contribution in [3.63, 3.8) is 0 Å². The van der Waals surface area contributed by atoms with Gasteiger partial charge in [0, 0.05) is 5.38 Å². The van der Waals surface area contributed by atoms with Gasteiger partial charge >= 0.3 is 6.18 Å². The summed E-state index contributed by atoms with van der Waals surface area (Å²) in [7, 11) is 0. The molecule has 2 heterocycles. The molecule has 2 aromatic rings. The molecule has 0 radical (unpaired) electrons. The minimum absolute atomic E-state index is 0. The third kappa shape index (κ3) is 4.45. The summed E-state index contributed by atoms with van der Waals surface area (Å²) in [5.41, 5.74) is 4.64. The fraction of sp³-hybridized carbons (Fsp3) is 0.273. The summed E-state index contributed by atoms with van der Waals surface area (Å²) in [6, 6.07) is 1.47. The second kappa shape index (κ2) is 6.92. The SMILES string of the molecule is Cl.NCc1cc(C(=O)NCc2nc(C(F)(F)F)cs2)co1. The number of alkyl halides is 3. The van der Waals surface area contributed by atoms with Gasteiger partial charge in [-0.1, -0.05) is 0 Å². The lowest BCUT2D eigenvalue weighted by atomic mass is 10.3. The first-order chi connectivity index (χ1) is 9.40. The maximum Gasteiger partial charge on any atom is 0.434 e. The molecule has 0 bridgehead atoms. The molecule has 2 aromatic heterocycles. The van der Waals surface area contributed by atoms with Gasteiger partial charge in [0.2, 0.25) is 0 Å². The van der Waals surface area contributed by atoms with Gasteiger partial charge in [0.1, 0.15) is 17.0 Å². The number of carbonyl (C=O) groups excluding carboxylic acids is 1. The van der Waals surface area contributed by atoms with Crippen LogP contribution in [0.15, 0.2) is 22.1 Å². The summed E-state index contributed by atoms with van der Waals surface area (Å²) < 4.78 is 42.0. The first kappa shape index (κ1) is 17.5. The number of thiazole rings is 1. The Hall–Kier alpha value is -1.58. The summed E-state index contributed by atoms with van der Waals surface area (Å²) in [6.45, 7) is 0.0808. The number of carbonyl (C=O) groups is 1. The molecule has 0 aliphatic heterocycles. The molecule has 0 saturated heterocycles. The van der Waals surface area contributed by atoms with Crippen molar-refractivity contribution >= 4 is 29.7 Å². The number of hydrogen-bond acceptors (Lipinski definition) is 5. The van der Waals surface area contributed by atoms with Crippen LogP contribution in [0.3, 0.4) is 0 Å². The van der Waals surface area contributed by atoms with E-state index in [0.717, 1.165) is 16.7 Å². The lowest BCUT2D eigenvalue weighted by Crippen LogP contribution is -2.22. The standard InChI is InChI=1S/C11H10F3N3O2S.ClH/c12-11(13,14)8-5-20-9(17-8)3-16-10(18)6-1-7(2-15)19-4-6;/h1,4-5H,2-3,15H2,(H,16,18);1H. The summed E-state index contributed by atoms with van der Waals surface area (Å²) in [6.07, 6.45) is -3.24. The lowest BCUT2D eigenvalue weighted by Gasteiger charge is -2.01.